The van der Waals surface area contributed by atoms with E-state index in [2.05, 4.69) is 70.7 Å². The largest absolute Gasteiger partial charge is 0.373 e. The van der Waals surface area contributed by atoms with E-state index in [4.69, 9.17) is 9.72 Å². The van der Waals surface area contributed by atoms with E-state index >= 15 is 0 Å². The second-order valence-electron chi connectivity index (χ2n) is 9.83. The maximum atomic E-state index is 13.3. The monoisotopic (exact) mass is 415 g/mol. The van der Waals surface area contributed by atoms with Crippen molar-refractivity contribution in [3.8, 4) is 0 Å². The van der Waals surface area contributed by atoms with E-state index in [1.54, 1.807) is 6.20 Å². The van der Waals surface area contributed by atoms with Gasteiger partial charge in [-0.1, -0.05) is 13.8 Å². The Hall–Kier alpha value is -1.99. The van der Waals surface area contributed by atoms with Crippen LogP contribution in [0.15, 0.2) is 12.3 Å². The number of ether oxygens (including phenoxy) is 1. The highest BCUT2D eigenvalue weighted by atomic mass is 16.5. The minimum absolute atomic E-state index is 0.0740. The van der Waals surface area contributed by atoms with E-state index in [0.717, 1.165) is 29.8 Å². The van der Waals surface area contributed by atoms with Crippen LogP contribution < -0.4 is 5.32 Å². The molecule has 3 rings (SSSR count). The Bertz CT molecular complexity index is 892. The molecule has 0 aliphatic carbocycles. The van der Waals surface area contributed by atoms with E-state index in [-0.39, 0.29) is 35.6 Å². The molecule has 1 aliphatic heterocycles. The van der Waals surface area contributed by atoms with Gasteiger partial charge in [-0.05, 0) is 53.5 Å². The van der Waals surface area contributed by atoms with Gasteiger partial charge in [0, 0.05) is 36.9 Å². The van der Waals surface area contributed by atoms with Gasteiger partial charge < -0.3 is 10.1 Å². The first-order valence-electron chi connectivity index (χ1n) is 11.1. The molecule has 2 unspecified atom stereocenters. The third-order valence-corrected chi connectivity index (χ3v) is 5.87. The van der Waals surface area contributed by atoms with E-state index in [1.807, 2.05) is 10.7 Å². The van der Waals surface area contributed by atoms with Crippen LogP contribution in [0.2, 0.25) is 0 Å². The van der Waals surface area contributed by atoms with Gasteiger partial charge in [-0.15, -0.1) is 0 Å². The molecule has 2 aromatic heterocycles. The molecule has 0 bridgehead atoms. The molecule has 7 nitrogen and oxygen atoms in total. The lowest BCUT2D eigenvalue weighted by molar-refractivity contribution is -0.0948. The zero-order chi connectivity index (χ0) is 22.2. The highest BCUT2D eigenvalue weighted by molar-refractivity contribution is 6.05. The number of nitrogens with one attached hydrogen (secondary N) is 1. The van der Waals surface area contributed by atoms with Crippen LogP contribution in [0.25, 0.3) is 11.0 Å². The molecular formula is C23H37N5O2. The number of pyridine rings is 1. The summed E-state index contributed by atoms with van der Waals surface area (Å²) >= 11 is 0. The average molecular weight is 416 g/mol. The predicted octanol–water partition coefficient (Wildman–Crippen LogP) is 3.75. The number of carbonyl (C=O) groups is 1. The van der Waals surface area contributed by atoms with Crippen molar-refractivity contribution in [1.82, 2.24) is 25.0 Å². The Morgan fingerprint density at radius 3 is 2.43 bits per heavy atom. The highest BCUT2D eigenvalue weighted by Gasteiger charge is 2.33. The molecule has 1 aliphatic rings. The summed E-state index contributed by atoms with van der Waals surface area (Å²) in [6.07, 6.45) is 2.15. The van der Waals surface area contributed by atoms with Crippen molar-refractivity contribution < 1.29 is 9.53 Å². The summed E-state index contributed by atoms with van der Waals surface area (Å²) in [4.78, 5) is 20.5. The van der Waals surface area contributed by atoms with Gasteiger partial charge in [0.05, 0.1) is 29.4 Å². The molecule has 1 saturated heterocycles. The summed E-state index contributed by atoms with van der Waals surface area (Å²) in [6, 6.07) is 2.10. The summed E-state index contributed by atoms with van der Waals surface area (Å²) in [5, 5.41) is 8.47. The zero-order valence-corrected chi connectivity index (χ0v) is 19.7. The summed E-state index contributed by atoms with van der Waals surface area (Å²) in [5.74, 6) is 0.152. The number of carbonyl (C=O) groups excluding carboxylic acids is 1. The van der Waals surface area contributed by atoms with E-state index in [1.165, 1.54) is 0 Å². The van der Waals surface area contributed by atoms with Crippen LogP contribution in [0.4, 0.5) is 0 Å². The van der Waals surface area contributed by atoms with Crippen molar-refractivity contribution in [2.24, 2.45) is 0 Å². The summed E-state index contributed by atoms with van der Waals surface area (Å²) in [7, 11) is 0. The van der Waals surface area contributed by atoms with Crippen LogP contribution in [0.3, 0.4) is 0 Å². The van der Waals surface area contributed by atoms with E-state index in [9.17, 15) is 4.79 Å². The quantitative estimate of drug-likeness (QED) is 0.778. The lowest BCUT2D eigenvalue weighted by Crippen LogP contribution is -2.58. The summed E-state index contributed by atoms with van der Waals surface area (Å²) in [6.45, 7) is 19.2. The Balaban J connectivity index is 1.84. The molecule has 7 heteroatoms. The van der Waals surface area contributed by atoms with Crippen LogP contribution in [0.5, 0.6) is 0 Å². The summed E-state index contributed by atoms with van der Waals surface area (Å²) in [5.41, 5.74) is 2.16. The standard InChI is InChI=1S/C23H37N5O2/c1-14(2)20-9-18(19-10-25-28(15(3)4)21(19)26-20)22(29)24-13-23(7,8)27-11-16(5)30-17(6)12-27/h9-10,14-17H,11-13H2,1-8H3,(H,24,29). The highest BCUT2D eigenvalue weighted by Crippen LogP contribution is 2.25. The molecule has 1 amide bonds. The van der Waals surface area contributed by atoms with Crippen molar-refractivity contribution in [3.63, 3.8) is 0 Å². The number of hydrogen-bond donors (Lipinski definition) is 1. The Kier molecular flexibility index (Phi) is 6.53. The minimum atomic E-state index is -0.170. The fourth-order valence-electron chi connectivity index (χ4n) is 4.07. The second-order valence-corrected chi connectivity index (χ2v) is 9.83. The summed E-state index contributed by atoms with van der Waals surface area (Å²) < 4.78 is 7.75. The fourth-order valence-corrected chi connectivity index (χ4v) is 4.07. The van der Waals surface area contributed by atoms with Crippen molar-refractivity contribution in [2.45, 2.75) is 85.1 Å². The van der Waals surface area contributed by atoms with Gasteiger partial charge in [-0.2, -0.15) is 5.10 Å². The number of nitrogens with zero attached hydrogens (tertiary/aromatic N) is 4. The molecule has 30 heavy (non-hydrogen) atoms. The third kappa shape index (κ3) is 4.67. The maximum Gasteiger partial charge on any atom is 0.252 e. The van der Waals surface area contributed by atoms with Crippen molar-refractivity contribution in [2.75, 3.05) is 19.6 Å². The Morgan fingerprint density at radius 1 is 1.23 bits per heavy atom. The van der Waals surface area contributed by atoms with Gasteiger partial charge in [0.1, 0.15) is 0 Å². The number of aromatic nitrogens is 3. The van der Waals surface area contributed by atoms with Gasteiger partial charge >= 0.3 is 0 Å². The number of fused-ring (bicyclic) bond motifs is 1. The first kappa shape index (κ1) is 22.7. The second kappa shape index (κ2) is 8.63. The molecule has 1 N–H and O–H groups in total. The van der Waals surface area contributed by atoms with E-state index < -0.39 is 0 Å². The lowest BCUT2D eigenvalue weighted by atomic mass is 9.99. The van der Waals surface area contributed by atoms with Crippen molar-refractivity contribution >= 4 is 16.9 Å². The fraction of sp³-hybridized carbons (Fsp3) is 0.696. The van der Waals surface area contributed by atoms with Gasteiger partial charge in [-0.25, -0.2) is 9.67 Å². The molecule has 0 spiro atoms. The van der Waals surface area contributed by atoms with E-state index in [0.29, 0.717) is 12.1 Å². The Labute approximate surface area is 180 Å². The van der Waals surface area contributed by atoms with Crippen LogP contribution in [0, 0.1) is 0 Å². The smallest absolute Gasteiger partial charge is 0.252 e. The molecule has 2 aromatic rings. The molecule has 0 aromatic carbocycles. The first-order chi connectivity index (χ1) is 14.0. The van der Waals surface area contributed by atoms with Crippen LogP contribution in [0.1, 0.15) is 83.4 Å². The third-order valence-electron chi connectivity index (χ3n) is 5.87. The maximum absolute atomic E-state index is 13.3. The topological polar surface area (TPSA) is 72.3 Å². The van der Waals surface area contributed by atoms with Gasteiger partial charge in [0.2, 0.25) is 0 Å². The molecular weight excluding hydrogens is 378 g/mol. The number of hydrogen-bond acceptors (Lipinski definition) is 5. The average Bonchev–Trinajstić information content (AvgIpc) is 3.08. The first-order valence-corrected chi connectivity index (χ1v) is 11.1. The SMILES string of the molecule is CC1CN(C(C)(C)CNC(=O)c2cc(C(C)C)nc3c2cnn3C(C)C)CC(C)O1. The van der Waals surface area contributed by atoms with Crippen molar-refractivity contribution in [3.05, 3.63) is 23.5 Å². The van der Waals surface area contributed by atoms with Gasteiger partial charge in [0.25, 0.3) is 5.91 Å². The van der Waals surface area contributed by atoms with Gasteiger partial charge in [-0.3, -0.25) is 9.69 Å². The normalized spacial score (nSPS) is 21.0. The number of rotatable bonds is 6. The molecule has 0 saturated carbocycles. The molecule has 0 radical (unpaired) electrons. The predicted molar refractivity (Wildman–Crippen MR) is 120 cm³/mol. The molecule has 166 valence electrons. The van der Waals surface area contributed by atoms with Crippen LogP contribution in [-0.4, -0.2) is 63.0 Å². The van der Waals surface area contributed by atoms with Crippen LogP contribution in [-0.2, 0) is 4.74 Å². The van der Waals surface area contributed by atoms with Crippen molar-refractivity contribution in [1.29, 1.82) is 0 Å². The molecule has 2 atom stereocenters. The Morgan fingerprint density at radius 2 is 1.87 bits per heavy atom. The molecule has 1 fully saturated rings. The van der Waals surface area contributed by atoms with Crippen LogP contribution >= 0.6 is 0 Å². The zero-order valence-electron chi connectivity index (χ0n) is 19.7. The lowest BCUT2D eigenvalue weighted by Gasteiger charge is -2.45. The van der Waals surface area contributed by atoms with Gasteiger partial charge in [0.15, 0.2) is 5.65 Å². The number of morpholine rings is 1. The minimum Gasteiger partial charge on any atom is -0.373 e. The number of amides is 1. The molecule has 3 heterocycles.